The Kier molecular flexibility index (Phi) is 4.16. The van der Waals surface area contributed by atoms with E-state index >= 15 is 0 Å². The maximum absolute atomic E-state index is 12.4. The molecule has 0 fully saturated rings. The van der Waals surface area contributed by atoms with Gasteiger partial charge in [-0.1, -0.05) is 6.07 Å². The predicted molar refractivity (Wildman–Crippen MR) is 57.1 cm³/mol. The Labute approximate surface area is 101 Å². The SMILES string of the molecule is N#CCC(O)C(O)c1ccc(C(F)(F)F)cc1N. The summed E-state index contributed by atoms with van der Waals surface area (Å²) < 4.78 is 37.1. The molecule has 0 bridgehead atoms. The van der Waals surface area contributed by atoms with Crippen molar-refractivity contribution in [3.8, 4) is 6.07 Å². The molecule has 0 amide bonds. The van der Waals surface area contributed by atoms with Crippen molar-refractivity contribution in [1.29, 1.82) is 5.26 Å². The fraction of sp³-hybridized carbons (Fsp3) is 0.364. The van der Waals surface area contributed by atoms with Gasteiger partial charge in [0.25, 0.3) is 0 Å². The monoisotopic (exact) mass is 260 g/mol. The second kappa shape index (κ2) is 5.25. The number of alkyl halides is 3. The van der Waals surface area contributed by atoms with E-state index in [2.05, 4.69) is 0 Å². The van der Waals surface area contributed by atoms with Crippen molar-refractivity contribution in [1.82, 2.24) is 0 Å². The average Bonchev–Trinajstić information content (AvgIpc) is 2.27. The molecule has 1 aromatic carbocycles. The van der Waals surface area contributed by atoms with Crippen LogP contribution in [0.1, 0.15) is 23.7 Å². The molecule has 98 valence electrons. The van der Waals surface area contributed by atoms with Crippen LogP contribution in [0.15, 0.2) is 18.2 Å². The van der Waals surface area contributed by atoms with Gasteiger partial charge >= 0.3 is 6.18 Å². The second-order valence-electron chi connectivity index (χ2n) is 3.72. The van der Waals surface area contributed by atoms with Crippen molar-refractivity contribution < 1.29 is 23.4 Å². The normalized spacial score (nSPS) is 14.9. The van der Waals surface area contributed by atoms with Gasteiger partial charge in [-0.05, 0) is 12.1 Å². The summed E-state index contributed by atoms with van der Waals surface area (Å²) in [6.45, 7) is 0. The van der Waals surface area contributed by atoms with Crippen LogP contribution in [0, 0.1) is 11.3 Å². The molecule has 4 nitrogen and oxygen atoms in total. The molecule has 2 unspecified atom stereocenters. The fourth-order valence-electron chi connectivity index (χ4n) is 1.43. The zero-order valence-corrected chi connectivity index (χ0v) is 9.15. The molecule has 0 aromatic heterocycles. The van der Waals surface area contributed by atoms with E-state index in [1.54, 1.807) is 6.07 Å². The van der Waals surface area contributed by atoms with Crippen molar-refractivity contribution in [3.05, 3.63) is 29.3 Å². The zero-order chi connectivity index (χ0) is 13.9. The number of aliphatic hydroxyl groups is 2. The zero-order valence-electron chi connectivity index (χ0n) is 9.15. The molecule has 18 heavy (non-hydrogen) atoms. The summed E-state index contributed by atoms with van der Waals surface area (Å²) >= 11 is 0. The van der Waals surface area contributed by atoms with Crippen LogP contribution >= 0.6 is 0 Å². The van der Waals surface area contributed by atoms with Crippen LogP contribution in [0.5, 0.6) is 0 Å². The Hall–Kier alpha value is -1.78. The number of rotatable bonds is 3. The summed E-state index contributed by atoms with van der Waals surface area (Å²) in [6, 6.07) is 4.07. The first kappa shape index (κ1) is 14.3. The topological polar surface area (TPSA) is 90.3 Å². The van der Waals surface area contributed by atoms with Crippen molar-refractivity contribution in [2.45, 2.75) is 24.8 Å². The molecule has 0 aliphatic heterocycles. The van der Waals surface area contributed by atoms with E-state index in [9.17, 15) is 23.4 Å². The first-order valence-corrected chi connectivity index (χ1v) is 4.97. The molecule has 2 atom stereocenters. The summed E-state index contributed by atoms with van der Waals surface area (Å²) in [4.78, 5) is 0. The first-order valence-electron chi connectivity index (χ1n) is 4.97. The van der Waals surface area contributed by atoms with Crippen LogP contribution in [0.2, 0.25) is 0 Å². The van der Waals surface area contributed by atoms with Crippen LogP contribution in [0.3, 0.4) is 0 Å². The van der Waals surface area contributed by atoms with Crippen molar-refractivity contribution in [2.24, 2.45) is 0 Å². The minimum absolute atomic E-state index is 0.0363. The minimum Gasteiger partial charge on any atom is -0.398 e. The third kappa shape index (κ3) is 3.12. The molecule has 0 heterocycles. The Morgan fingerprint density at radius 3 is 2.39 bits per heavy atom. The molecule has 0 saturated heterocycles. The highest BCUT2D eigenvalue weighted by Crippen LogP contribution is 2.33. The highest BCUT2D eigenvalue weighted by molar-refractivity contribution is 5.51. The molecule has 1 rings (SSSR count). The van der Waals surface area contributed by atoms with E-state index in [1.807, 2.05) is 0 Å². The van der Waals surface area contributed by atoms with Crippen LogP contribution in [-0.4, -0.2) is 16.3 Å². The number of benzene rings is 1. The number of nitrogens with zero attached hydrogens (tertiary/aromatic N) is 1. The van der Waals surface area contributed by atoms with Gasteiger partial charge in [-0.25, -0.2) is 0 Å². The number of halogens is 3. The third-order valence-corrected chi connectivity index (χ3v) is 2.40. The molecule has 7 heteroatoms. The van der Waals surface area contributed by atoms with Gasteiger partial charge in [0.1, 0.15) is 6.10 Å². The Bertz CT molecular complexity index is 468. The highest BCUT2D eigenvalue weighted by Gasteiger charge is 2.31. The van der Waals surface area contributed by atoms with E-state index in [-0.39, 0.29) is 17.7 Å². The smallest absolute Gasteiger partial charge is 0.398 e. The lowest BCUT2D eigenvalue weighted by atomic mass is 9.99. The number of nitrogens with two attached hydrogens (primary N) is 1. The molecule has 0 spiro atoms. The van der Waals surface area contributed by atoms with Gasteiger partial charge in [-0.3, -0.25) is 0 Å². The second-order valence-corrected chi connectivity index (χ2v) is 3.72. The standard InChI is InChI=1S/C11H11F3N2O2/c12-11(13,14)6-1-2-7(8(16)5-6)10(18)9(17)3-4-15/h1-2,5,9-10,17-18H,3,16H2. The molecule has 1 aromatic rings. The summed E-state index contributed by atoms with van der Waals surface area (Å²) in [5, 5.41) is 27.4. The Morgan fingerprint density at radius 2 is 1.94 bits per heavy atom. The summed E-state index contributed by atoms with van der Waals surface area (Å²) in [7, 11) is 0. The lowest BCUT2D eigenvalue weighted by molar-refractivity contribution is -0.137. The Balaban J connectivity index is 3.03. The quantitative estimate of drug-likeness (QED) is 0.720. The first-order chi connectivity index (χ1) is 8.27. The van der Waals surface area contributed by atoms with Crippen LogP contribution in [-0.2, 0) is 6.18 Å². The van der Waals surface area contributed by atoms with Crippen LogP contribution in [0.4, 0.5) is 18.9 Å². The van der Waals surface area contributed by atoms with Gasteiger partial charge < -0.3 is 15.9 Å². The van der Waals surface area contributed by atoms with Gasteiger partial charge in [0, 0.05) is 11.3 Å². The van der Waals surface area contributed by atoms with E-state index < -0.39 is 23.9 Å². The van der Waals surface area contributed by atoms with E-state index in [1.165, 1.54) is 0 Å². The molecule has 4 N–H and O–H groups in total. The highest BCUT2D eigenvalue weighted by atomic mass is 19.4. The number of hydrogen-bond acceptors (Lipinski definition) is 4. The maximum atomic E-state index is 12.4. The van der Waals surface area contributed by atoms with Crippen molar-refractivity contribution in [3.63, 3.8) is 0 Å². The molecule has 0 aliphatic carbocycles. The van der Waals surface area contributed by atoms with Crippen molar-refractivity contribution >= 4 is 5.69 Å². The largest absolute Gasteiger partial charge is 0.416 e. The molecule has 0 radical (unpaired) electrons. The average molecular weight is 260 g/mol. The van der Waals surface area contributed by atoms with E-state index in [4.69, 9.17) is 11.0 Å². The van der Waals surface area contributed by atoms with Crippen LogP contribution in [0.25, 0.3) is 0 Å². The summed E-state index contributed by atoms with van der Waals surface area (Å²) in [5.41, 5.74) is 4.14. The fourth-order valence-corrected chi connectivity index (χ4v) is 1.43. The molecular formula is C11H11F3N2O2. The minimum atomic E-state index is -4.52. The lowest BCUT2D eigenvalue weighted by Crippen LogP contribution is -2.19. The summed E-state index contributed by atoms with van der Waals surface area (Å²) in [5.74, 6) is 0. The maximum Gasteiger partial charge on any atom is 0.416 e. The number of aliphatic hydroxyl groups excluding tert-OH is 2. The number of hydrogen-bond donors (Lipinski definition) is 3. The lowest BCUT2D eigenvalue weighted by Gasteiger charge is -2.18. The van der Waals surface area contributed by atoms with E-state index in [0.29, 0.717) is 6.07 Å². The third-order valence-electron chi connectivity index (χ3n) is 2.40. The van der Waals surface area contributed by atoms with Crippen LogP contribution < -0.4 is 5.73 Å². The number of nitriles is 1. The van der Waals surface area contributed by atoms with Gasteiger partial charge in [0.05, 0.1) is 24.2 Å². The van der Waals surface area contributed by atoms with Gasteiger partial charge in [-0.2, -0.15) is 18.4 Å². The van der Waals surface area contributed by atoms with Crippen molar-refractivity contribution in [2.75, 3.05) is 5.73 Å². The predicted octanol–water partition coefficient (Wildman–Crippen LogP) is 1.60. The molecule has 0 aliphatic rings. The molecular weight excluding hydrogens is 249 g/mol. The Morgan fingerprint density at radius 1 is 1.33 bits per heavy atom. The van der Waals surface area contributed by atoms with Gasteiger partial charge in [0.2, 0.25) is 0 Å². The van der Waals surface area contributed by atoms with Gasteiger partial charge in [-0.15, -0.1) is 0 Å². The number of anilines is 1. The molecule has 0 saturated carbocycles. The van der Waals surface area contributed by atoms with Gasteiger partial charge in [0.15, 0.2) is 0 Å². The summed E-state index contributed by atoms with van der Waals surface area (Å²) in [6.07, 6.45) is -7.76. The number of nitrogen functional groups attached to an aromatic ring is 1. The van der Waals surface area contributed by atoms with E-state index in [0.717, 1.165) is 12.1 Å².